The Labute approximate surface area is 285 Å². The summed E-state index contributed by atoms with van der Waals surface area (Å²) in [6.45, 7) is 9.42. The van der Waals surface area contributed by atoms with Gasteiger partial charge in [0, 0.05) is 79.7 Å². The maximum atomic E-state index is 12.8. The minimum atomic E-state index is -0.0565. The van der Waals surface area contributed by atoms with Crippen molar-refractivity contribution in [2.75, 3.05) is 59.6 Å². The van der Waals surface area contributed by atoms with Crippen LogP contribution in [0, 0.1) is 0 Å². The van der Waals surface area contributed by atoms with E-state index in [1.165, 1.54) is 0 Å². The summed E-state index contributed by atoms with van der Waals surface area (Å²) in [4.78, 5) is 45.9. The standard InChI is InChI=1S/C36H42N4O9/c1-25(41)38(19-28-4-7-31-34(16-28)47-22-44-31)13-10-37(11-14-39(26(2)42)20-29-5-8-32-35(17-29)48-23-45-32)12-15-40(27(3)43)21-30-6-9-33-36(18-30)49-24-46-33/h4-9,16-18H,10-15,19-24H2,1-3H3. The predicted octanol–water partition coefficient (Wildman–Crippen LogP) is 3.62. The zero-order valence-electron chi connectivity index (χ0n) is 28.1. The SMILES string of the molecule is CC(=O)N(CCN(CCN(Cc1ccc2c(c1)OCO2)C(C)=O)CCN(Cc1ccc2c(c1)OCO2)C(C)=O)Cc1ccc2c(c1)OCO2. The van der Waals surface area contributed by atoms with Crippen LogP contribution in [0.3, 0.4) is 0 Å². The van der Waals surface area contributed by atoms with Crippen LogP contribution < -0.4 is 28.4 Å². The molecular weight excluding hydrogens is 632 g/mol. The number of nitrogens with zero attached hydrogens (tertiary/aromatic N) is 4. The van der Waals surface area contributed by atoms with E-state index in [9.17, 15) is 14.4 Å². The number of carbonyl (C=O) groups excluding carboxylic acids is 3. The second-order valence-corrected chi connectivity index (χ2v) is 12.2. The lowest BCUT2D eigenvalue weighted by atomic mass is 10.2. The van der Waals surface area contributed by atoms with Crippen molar-refractivity contribution in [1.29, 1.82) is 0 Å². The van der Waals surface area contributed by atoms with Crippen LogP contribution in [-0.2, 0) is 34.0 Å². The number of hydrogen-bond donors (Lipinski definition) is 0. The lowest BCUT2D eigenvalue weighted by molar-refractivity contribution is -0.129. The third-order valence-corrected chi connectivity index (χ3v) is 8.83. The van der Waals surface area contributed by atoms with Crippen molar-refractivity contribution in [2.24, 2.45) is 0 Å². The number of ether oxygens (including phenoxy) is 6. The molecule has 0 atom stereocenters. The van der Waals surface area contributed by atoms with Crippen molar-refractivity contribution in [3.63, 3.8) is 0 Å². The lowest BCUT2D eigenvalue weighted by Crippen LogP contribution is -2.44. The van der Waals surface area contributed by atoms with E-state index < -0.39 is 0 Å². The van der Waals surface area contributed by atoms with Gasteiger partial charge in [0.05, 0.1) is 0 Å². The van der Waals surface area contributed by atoms with E-state index in [0.717, 1.165) is 16.7 Å². The van der Waals surface area contributed by atoms with E-state index in [2.05, 4.69) is 4.90 Å². The van der Waals surface area contributed by atoms with Gasteiger partial charge < -0.3 is 43.1 Å². The molecule has 3 aromatic rings. The summed E-state index contributed by atoms with van der Waals surface area (Å²) in [6, 6.07) is 17.1. The van der Waals surface area contributed by atoms with Crippen molar-refractivity contribution in [3.8, 4) is 34.5 Å². The Morgan fingerprint density at radius 2 is 0.735 bits per heavy atom. The van der Waals surface area contributed by atoms with Crippen molar-refractivity contribution >= 4 is 17.7 Å². The number of amides is 3. The second-order valence-electron chi connectivity index (χ2n) is 12.2. The molecular formula is C36H42N4O9. The molecule has 3 aliphatic heterocycles. The number of benzene rings is 3. The van der Waals surface area contributed by atoms with E-state index in [4.69, 9.17) is 28.4 Å². The first-order valence-corrected chi connectivity index (χ1v) is 16.4. The van der Waals surface area contributed by atoms with Gasteiger partial charge in [-0.15, -0.1) is 0 Å². The van der Waals surface area contributed by atoms with Crippen LogP contribution in [0.4, 0.5) is 0 Å². The van der Waals surface area contributed by atoms with Gasteiger partial charge >= 0.3 is 0 Å². The summed E-state index contributed by atoms with van der Waals surface area (Å²) in [5.74, 6) is 3.91. The molecule has 0 unspecified atom stereocenters. The van der Waals surface area contributed by atoms with E-state index in [1.807, 2.05) is 54.6 Å². The van der Waals surface area contributed by atoms with Gasteiger partial charge in [-0.1, -0.05) is 18.2 Å². The summed E-state index contributed by atoms with van der Waals surface area (Å²) in [5.41, 5.74) is 2.80. The number of fused-ring (bicyclic) bond motifs is 3. The summed E-state index contributed by atoms with van der Waals surface area (Å²) in [6.07, 6.45) is 0. The fourth-order valence-corrected chi connectivity index (χ4v) is 5.94. The average Bonchev–Trinajstić information content (AvgIpc) is 3.86. The molecule has 13 nitrogen and oxygen atoms in total. The summed E-state index contributed by atoms with van der Waals surface area (Å²) < 4.78 is 32.9. The van der Waals surface area contributed by atoms with E-state index in [1.54, 1.807) is 35.5 Å². The molecule has 0 aromatic heterocycles. The van der Waals surface area contributed by atoms with Crippen molar-refractivity contribution in [1.82, 2.24) is 19.6 Å². The first-order chi connectivity index (χ1) is 23.7. The molecule has 3 heterocycles. The van der Waals surface area contributed by atoms with Crippen molar-refractivity contribution in [2.45, 2.75) is 40.4 Å². The summed E-state index contributed by atoms with van der Waals surface area (Å²) >= 11 is 0. The van der Waals surface area contributed by atoms with Gasteiger partial charge in [0.25, 0.3) is 0 Å². The van der Waals surface area contributed by atoms with Crippen molar-refractivity contribution < 1.29 is 42.8 Å². The lowest BCUT2D eigenvalue weighted by Gasteiger charge is -2.31. The first-order valence-electron chi connectivity index (χ1n) is 16.4. The third-order valence-electron chi connectivity index (χ3n) is 8.83. The van der Waals surface area contributed by atoms with Gasteiger partial charge in [0.15, 0.2) is 34.5 Å². The zero-order chi connectivity index (χ0) is 34.3. The Morgan fingerprint density at radius 3 is 1.02 bits per heavy atom. The molecule has 0 radical (unpaired) electrons. The zero-order valence-corrected chi connectivity index (χ0v) is 28.1. The van der Waals surface area contributed by atoms with Crippen LogP contribution >= 0.6 is 0 Å². The molecule has 3 aliphatic rings. The van der Waals surface area contributed by atoms with Crippen LogP contribution in [0.2, 0.25) is 0 Å². The van der Waals surface area contributed by atoms with E-state index >= 15 is 0 Å². The van der Waals surface area contributed by atoms with Crippen LogP contribution in [0.25, 0.3) is 0 Å². The molecule has 6 rings (SSSR count). The molecule has 0 saturated heterocycles. The van der Waals surface area contributed by atoms with Gasteiger partial charge in [-0.3, -0.25) is 19.3 Å². The number of carbonyl (C=O) groups is 3. The molecule has 13 heteroatoms. The van der Waals surface area contributed by atoms with Crippen LogP contribution in [0.5, 0.6) is 34.5 Å². The highest BCUT2D eigenvalue weighted by Crippen LogP contribution is 2.34. The topological polar surface area (TPSA) is 120 Å². The summed E-state index contributed by atoms with van der Waals surface area (Å²) in [5, 5.41) is 0. The Morgan fingerprint density at radius 1 is 0.449 bits per heavy atom. The predicted molar refractivity (Wildman–Crippen MR) is 177 cm³/mol. The van der Waals surface area contributed by atoms with E-state index in [-0.39, 0.29) is 38.1 Å². The molecule has 0 saturated carbocycles. The fourth-order valence-electron chi connectivity index (χ4n) is 5.94. The monoisotopic (exact) mass is 674 g/mol. The smallest absolute Gasteiger partial charge is 0.231 e. The molecule has 0 fully saturated rings. The van der Waals surface area contributed by atoms with Crippen LogP contribution in [-0.4, -0.2) is 97.0 Å². The first kappa shape index (κ1) is 33.7. The van der Waals surface area contributed by atoms with Crippen LogP contribution in [0.15, 0.2) is 54.6 Å². The highest BCUT2D eigenvalue weighted by atomic mass is 16.7. The van der Waals surface area contributed by atoms with Gasteiger partial charge in [0.1, 0.15) is 0 Å². The molecule has 3 amide bonds. The van der Waals surface area contributed by atoms with Gasteiger partial charge in [0.2, 0.25) is 38.1 Å². The Kier molecular flexibility index (Phi) is 10.6. The van der Waals surface area contributed by atoms with Crippen LogP contribution in [0.1, 0.15) is 37.5 Å². The average molecular weight is 675 g/mol. The second kappa shape index (κ2) is 15.4. The summed E-state index contributed by atoms with van der Waals surface area (Å²) in [7, 11) is 0. The van der Waals surface area contributed by atoms with E-state index in [0.29, 0.717) is 93.4 Å². The Bertz CT molecular complexity index is 1490. The molecule has 3 aromatic carbocycles. The van der Waals surface area contributed by atoms with Gasteiger partial charge in [-0.2, -0.15) is 0 Å². The van der Waals surface area contributed by atoms with Crippen molar-refractivity contribution in [3.05, 3.63) is 71.3 Å². The highest BCUT2D eigenvalue weighted by molar-refractivity contribution is 5.74. The quantitative estimate of drug-likeness (QED) is 0.237. The fraction of sp³-hybridized carbons (Fsp3) is 0.417. The van der Waals surface area contributed by atoms with Gasteiger partial charge in [-0.25, -0.2) is 0 Å². The normalized spacial score (nSPS) is 13.5. The minimum Gasteiger partial charge on any atom is -0.454 e. The molecule has 49 heavy (non-hydrogen) atoms. The third kappa shape index (κ3) is 8.65. The number of rotatable bonds is 15. The Hall–Kier alpha value is -5.17. The van der Waals surface area contributed by atoms with Gasteiger partial charge in [-0.05, 0) is 53.1 Å². The maximum Gasteiger partial charge on any atom is 0.231 e. The highest BCUT2D eigenvalue weighted by Gasteiger charge is 2.21. The maximum absolute atomic E-state index is 12.8. The molecule has 0 spiro atoms. The number of hydrogen-bond acceptors (Lipinski definition) is 10. The largest absolute Gasteiger partial charge is 0.454 e. The molecule has 0 aliphatic carbocycles. The minimum absolute atomic E-state index is 0.0565. The molecule has 260 valence electrons. The molecule has 0 N–H and O–H groups in total. The molecule has 0 bridgehead atoms. The Balaban J connectivity index is 1.13.